The summed E-state index contributed by atoms with van der Waals surface area (Å²) in [6, 6.07) is 3.36. The molecule has 0 atom stereocenters. The lowest BCUT2D eigenvalue weighted by atomic mass is 9.96. The summed E-state index contributed by atoms with van der Waals surface area (Å²) in [6.45, 7) is 6.19. The first-order chi connectivity index (χ1) is 6.48. The molecule has 0 amide bonds. The minimum Gasteiger partial charge on any atom is -0.506 e. The zero-order valence-corrected chi connectivity index (χ0v) is 8.52. The molecule has 0 aliphatic carbocycles. The molecule has 2 aromatic heterocycles. The van der Waals surface area contributed by atoms with E-state index < -0.39 is 0 Å². The van der Waals surface area contributed by atoms with Gasteiger partial charge in [-0.2, -0.15) is 0 Å². The van der Waals surface area contributed by atoms with Gasteiger partial charge in [0.25, 0.3) is 0 Å². The zero-order chi connectivity index (χ0) is 10.3. The van der Waals surface area contributed by atoms with Crippen LogP contribution in [0.1, 0.15) is 26.6 Å². The summed E-state index contributed by atoms with van der Waals surface area (Å²) in [5.74, 6) is 1.08. The Hall–Kier alpha value is -1.58. The van der Waals surface area contributed by atoms with Gasteiger partial charge in [-0.1, -0.05) is 20.8 Å². The van der Waals surface area contributed by atoms with Gasteiger partial charge in [-0.25, -0.2) is 0 Å². The molecule has 0 radical (unpaired) electrons. The average Bonchev–Trinajstić information content (AvgIpc) is 2.45. The van der Waals surface area contributed by atoms with E-state index in [1.165, 1.54) is 0 Å². The maximum Gasteiger partial charge on any atom is 0.161 e. The number of fused-ring (bicyclic) bond motifs is 1. The Balaban J connectivity index is 2.73. The van der Waals surface area contributed by atoms with E-state index in [0.717, 1.165) is 11.5 Å². The Labute approximate surface area is 82.2 Å². The fourth-order valence-electron chi connectivity index (χ4n) is 1.39. The molecule has 2 aromatic rings. The van der Waals surface area contributed by atoms with Crippen LogP contribution >= 0.6 is 0 Å². The summed E-state index contributed by atoms with van der Waals surface area (Å²) < 4.78 is 1.81. The minimum absolute atomic E-state index is 0.0762. The first-order valence-electron chi connectivity index (χ1n) is 4.53. The van der Waals surface area contributed by atoms with Gasteiger partial charge < -0.3 is 5.11 Å². The van der Waals surface area contributed by atoms with Crippen LogP contribution in [0.15, 0.2) is 18.3 Å². The Morgan fingerprint density at radius 1 is 1.21 bits per heavy atom. The van der Waals surface area contributed by atoms with Crippen molar-refractivity contribution in [3.8, 4) is 5.75 Å². The molecule has 14 heavy (non-hydrogen) atoms. The Kier molecular flexibility index (Phi) is 1.74. The first kappa shape index (κ1) is 8.99. The van der Waals surface area contributed by atoms with Crippen molar-refractivity contribution >= 4 is 5.65 Å². The van der Waals surface area contributed by atoms with Gasteiger partial charge in [0.2, 0.25) is 0 Å². The highest BCUT2D eigenvalue weighted by molar-refractivity contribution is 5.41. The lowest BCUT2D eigenvalue weighted by molar-refractivity contribution is 0.469. The monoisotopic (exact) mass is 191 g/mol. The predicted octanol–water partition coefficient (Wildman–Crippen LogP) is 1.73. The van der Waals surface area contributed by atoms with Crippen LogP contribution in [0.5, 0.6) is 5.75 Å². The molecule has 1 N–H and O–H groups in total. The smallest absolute Gasteiger partial charge is 0.161 e. The van der Waals surface area contributed by atoms with Gasteiger partial charge in [-0.3, -0.25) is 4.40 Å². The maximum atomic E-state index is 9.36. The zero-order valence-electron chi connectivity index (χ0n) is 8.52. The van der Waals surface area contributed by atoms with Crippen molar-refractivity contribution in [1.29, 1.82) is 0 Å². The van der Waals surface area contributed by atoms with E-state index in [0.29, 0.717) is 0 Å². The number of aromatic hydroxyl groups is 1. The summed E-state index contributed by atoms with van der Waals surface area (Å²) in [4.78, 5) is 0. The quantitative estimate of drug-likeness (QED) is 0.690. The lowest BCUT2D eigenvalue weighted by Gasteiger charge is -2.15. The van der Waals surface area contributed by atoms with Gasteiger partial charge in [0.05, 0.1) is 6.20 Å². The normalized spacial score (nSPS) is 12.2. The topological polar surface area (TPSA) is 50.4 Å². The highest BCUT2D eigenvalue weighted by Gasteiger charge is 2.20. The number of aromatic nitrogens is 3. The van der Waals surface area contributed by atoms with Crippen molar-refractivity contribution in [2.75, 3.05) is 0 Å². The number of nitrogens with zero attached hydrogens (tertiary/aromatic N) is 3. The van der Waals surface area contributed by atoms with E-state index in [4.69, 9.17) is 0 Å². The molecule has 74 valence electrons. The Bertz CT molecular complexity index is 468. The third kappa shape index (κ3) is 1.32. The summed E-state index contributed by atoms with van der Waals surface area (Å²) in [5.41, 5.74) is 0.681. The highest BCUT2D eigenvalue weighted by Crippen LogP contribution is 2.22. The Morgan fingerprint density at radius 3 is 2.57 bits per heavy atom. The van der Waals surface area contributed by atoms with Gasteiger partial charge in [-0.15, -0.1) is 10.2 Å². The Morgan fingerprint density at radius 2 is 1.93 bits per heavy atom. The molecule has 0 saturated carbocycles. The average molecular weight is 191 g/mol. The number of hydrogen-bond acceptors (Lipinski definition) is 3. The summed E-state index contributed by atoms with van der Waals surface area (Å²) in [7, 11) is 0. The van der Waals surface area contributed by atoms with Crippen LogP contribution in [0.2, 0.25) is 0 Å². The standard InChI is InChI=1S/C10H13N3O/c1-10(2,3)9-12-11-8-5-4-7(14)6-13(8)9/h4-6,14H,1-3H3. The fourth-order valence-corrected chi connectivity index (χ4v) is 1.39. The van der Waals surface area contributed by atoms with Crippen LogP contribution in [0, 0.1) is 0 Å². The van der Waals surface area contributed by atoms with Crippen molar-refractivity contribution in [3.05, 3.63) is 24.2 Å². The van der Waals surface area contributed by atoms with Gasteiger partial charge in [0.15, 0.2) is 5.65 Å². The molecule has 0 fully saturated rings. The molecule has 0 bridgehead atoms. The number of rotatable bonds is 0. The highest BCUT2D eigenvalue weighted by atomic mass is 16.3. The van der Waals surface area contributed by atoms with E-state index in [-0.39, 0.29) is 11.2 Å². The summed E-state index contributed by atoms with van der Waals surface area (Å²) in [5, 5.41) is 17.5. The largest absolute Gasteiger partial charge is 0.506 e. The van der Waals surface area contributed by atoms with Crippen molar-refractivity contribution in [2.45, 2.75) is 26.2 Å². The summed E-state index contributed by atoms with van der Waals surface area (Å²) >= 11 is 0. The van der Waals surface area contributed by atoms with Crippen molar-refractivity contribution in [1.82, 2.24) is 14.6 Å². The van der Waals surface area contributed by atoms with Crippen LogP contribution in [0.3, 0.4) is 0 Å². The third-order valence-electron chi connectivity index (χ3n) is 2.06. The molecular formula is C10H13N3O. The van der Waals surface area contributed by atoms with Crippen LogP contribution in [0.4, 0.5) is 0 Å². The van der Waals surface area contributed by atoms with Crippen molar-refractivity contribution < 1.29 is 5.11 Å². The molecule has 0 aliphatic heterocycles. The second-order valence-corrected chi connectivity index (χ2v) is 4.39. The molecule has 4 nitrogen and oxygen atoms in total. The van der Waals surface area contributed by atoms with Crippen LogP contribution < -0.4 is 0 Å². The molecule has 0 aliphatic rings. The number of hydrogen-bond donors (Lipinski definition) is 1. The van der Waals surface area contributed by atoms with Crippen LogP contribution in [-0.2, 0) is 5.41 Å². The fraction of sp³-hybridized carbons (Fsp3) is 0.400. The van der Waals surface area contributed by atoms with Crippen LogP contribution in [0.25, 0.3) is 5.65 Å². The van der Waals surface area contributed by atoms with Gasteiger partial charge in [0.1, 0.15) is 11.6 Å². The third-order valence-corrected chi connectivity index (χ3v) is 2.06. The van der Waals surface area contributed by atoms with Crippen molar-refractivity contribution in [3.63, 3.8) is 0 Å². The minimum atomic E-state index is -0.0762. The molecule has 0 unspecified atom stereocenters. The molecule has 0 saturated heterocycles. The van der Waals surface area contributed by atoms with Gasteiger partial charge >= 0.3 is 0 Å². The van der Waals surface area contributed by atoms with E-state index in [9.17, 15) is 5.11 Å². The molecule has 2 rings (SSSR count). The SMILES string of the molecule is CC(C)(C)c1nnc2ccc(O)cn12. The van der Waals surface area contributed by atoms with E-state index in [1.807, 2.05) is 4.40 Å². The maximum absolute atomic E-state index is 9.36. The second kappa shape index (κ2) is 2.70. The molecular weight excluding hydrogens is 178 g/mol. The molecule has 0 spiro atoms. The second-order valence-electron chi connectivity index (χ2n) is 4.39. The van der Waals surface area contributed by atoms with Crippen molar-refractivity contribution in [2.24, 2.45) is 0 Å². The van der Waals surface area contributed by atoms with Gasteiger partial charge in [-0.05, 0) is 12.1 Å². The lowest BCUT2D eigenvalue weighted by Crippen LogP contribution is -2.15. The predicted molar refractivity (Wildman–Crippen MR) is 53.4 cm³/mol. The van der Waals surface area contributed by atoms with E-state index >= 15 is 0 Å². The van der Waals surface area contributed by atoms with E-state index in [2.05, 4.69) is 31.0 Å². The summed E-state index contributed by atoms with van der Waals surface area (Å²) in [6.07, 6.45) is 1.63. The molecule has 2 heterocycles. The number of pyridine rings is 1. The van der Waals surface area contributed by atoms with Gasteiger partial charge in [0, 0.05) is 5.41 Å². The van der Waals surface area contributed by atoms with Crippen LogP contribution in [-0.4, -0.2) is 19.7 Å². The molecule has 4 heteroatoms. The van der Waals surface area contributed by atoms with E-state index in [1.54, 1.807) is 18.3 Å². The molecule has 0 aromatic carbocycles. The first-order valence-corrected chi connectivity index (χ1v) is 4.53.